The third-order valence-corrected chi connectivity index (χ3v) is 4.19. The highest BCUT2D eigenvalue weighted by Gasteiger charge is 2.15. The largest absolute Gasteiger partial charge is 0.493 e. The van der Waals surface area contributed by atoms with E-state index in [4.69, 9.17) is 23.7 Å². The number of benzene rings is 2. The zero-order valence-electron chi connectivity index (χ0n) is 15.7. The van der Waals surface area contributed by atoms with Crippen molar-refractivity contribution in [1.29, 1.82) is 0 Å². The van der Waals surface area contributed by atoms with Crippen LogP contribution in [0.1, 0.15) is 11.1 Å². The highest BCUT2D eigenvalue weighted by Crippen LogP contribution is 2.38. The molecule has 1 aliphatic rings. The van der Waals surface area contributed by atoms with Crippen LogP contribution in [0.4, 0.5) is 0 Å². The number of amides is 1. The molecule has 0 bridgehead atoms. The van der Waals surface area contributed by atoms with Gasteiger partial charge >= 0.3 is 0 Å². The molecule has 1 heterocycles. The number of rotatable bonds is 7. The first-order chi connectivity index (χ1) is 13.1. The lowest BCUT2D eigenvalue weighted by atomic mass is 10.1. The summed E-state index contributed by atoms with van der Waals surface area (Å²) in [4.78, 5) is 12.3. The van der Waals surface area contributed by atoms with Crippen LogP contribution in [0.3, 0.4) is 0 Å². The molecule has 0 saturated carbocycles. The average Bonchev–Trinajstić information content (AvgIpc) is 2.71. The van der Waals surface area contributed by atoms with Crippen LogP contribution in [-0.4, -0.2) is 40.5 Å². The molecule has 1 aliphatic heterocycles. The van der Waals surface area contributed by atoms with Crippen LogP contribution >= 0.6 is 0 Å². The molecule has 0 radical (unpaired) electrons. The van der Waals surface area contributed by atoms with Crippen molar-refractivity contribution in [2.45, 2.75) is 13.0 Å². The number of carbonyl (C=O) groups excluding carboxylic acids is 1. The molecule has 3 rings (SSSR count). The van der Waals surface area contributed by atoms with E-state index in [-0.39, 0.29) is 12.3 Å². The maximum Gasteiger partial charge on any atom is 0.224 e. The first-order valence-electron chi connectivity index (χ1n) is 8.58. The van der Waals surface area contributed by atoms with E-state index in [9.17, 15) is 4.79 Å². The molecule has 0 aliphatic carbocycles. The summed E-state index contributed by atoms with van der Waals surface area (Å²) in [6, 6.07) is 9.16. The fourth-order valence-corrected chi connectivity index (χ4v) is 2.88. The van der Waals surface area contributed by atoms with Gasteiger partial charge in [0, 0.05) is 6.54 Å². The lowest BCUT2D eigenvalue weighted by Crippen LogP contribution is -2.24. The van der Waals surface area contributed by atoms with Crippen LogP contribution in [0.2, 0.25) is 0 Å². The summed E-state index contributed by atoms with van der Waals surface area (Å²) in [7, 11) is 4.66. The SMILES string of the molecule is COc1cc(CNC(=O)Cc2ccc3c(c2)OCCO3)cc(OC)c1OC. The zero-order valence-corrected chi connectivity index (χ0v) is 15.7. The minimum atomic E-state index is -0.0968. The van der Waals surface area contributed by atoms with Gasteiger partial charge < -0.3 is 29.0 Å². The van der Waals surface area contributed by atoms with E-state index in [0.29, 0.717) is 48.5 Å². The molecule has 0 atom stereocenters. The summed E-state index contributed by atoms with van der Waals surface area (Å²) in [5.41, 5.74) is 1.71. The summed E-state index contributed by atoms with van der Waals surface area (Å²) in [6.45, 7) is 1.41. The molecule has 0 saturated heterocycles. The van der Waals surface area contributed by atoms with Crippen molar-refractivity contribution in [3.05, 3.63) is 41.5 Å². The predicted octanol–water partition coefficient (Wildman–Crippen LogP) is 2.34. The smallest absolute Gasteiger partial charge is 0.224 e. The number of methoxy groups -OCH3 is 3. The first-order valence-corrected chi connectivity index (χ1v) is 8.58. The Kier molecular flexibility index (Phi) is 5.90. The van der Waals surface area contributed by atoms with Gasteiger partial charge in [-0.2, -0.15) is 0 Å². The molecule has 2 aromatic carbocycles. The van der Waals surface area contributed by atoms with E-state index in [1.54, 1.807) is 21.3 Å². The van der Waals surface area contributed by atoms with Gasteiger partial charge in [-0.15, -0.1) is 0 Å². The van der Waals surface area contributed by atoms with Gasteiger partial charge in [-0.3, -0.25) is 4.79 Å². The van der Waals surface area contributed by atoms with Crippen LogP contribution in [0.5, 0.6) is 28.7 Å². The van der Waals surface area contributed by atoms with Crippen LogP contribution in [0, 0.1) is 0 Å². The van der Waals surface area contributed by atoms with Gasteiger partial charge in [-0.25, -0.2) is 0 Å². The second kappa shape index (κ2) is 8.53. The van der Waals surface area contributed by atoms with Gasteiger partial charge in [0.15, 0.2) is 23.0 Å². The van der Waals surface area contributed by atoms with Crippen molar-refractivity contribution in [3.63, 3.8) is 0 Å². The Morgan fingerprint density at radius 3 is 2.22 bits per heavy atom. The van der Waals surface area contributed by atoms with Gasteiger partial charge in [0.25, 0.3) is 0 Å². The standard InChI is InChI=1S/C20H23NO6/c1-23-17-9-14(10-18(24-2)20(17)25-3)12-21-19(22)11-13-4-5-15-16(8-13)27-7-6-26-15/h4-5,8-10H,6-7,11-12H2,1-3H3,(H,21,22). The van der Waals surface area contributed by atoms with Crippen molar-refractivity contribution in [2.75, 3.05) is 34.5 Å². The van der Waals surface area contributed by atoms with E-state index in [1.165, 1.54) is 0 Å². The fraction of sp³-hybridized carbons (Fsp3) is 0.350. The number of hydrogen-bond donors (Lipinski definition) is 1. The maximum atomic E-state index is 12.3. The Bertz CT molecular complexity index is 795. The molecule has 1 N–H and O–H groups in total. The van der Waals surface area contributed by atoms with Crippen molar-refractivity contribution in [1.82, 2.24) is 5.32 Å². The first kappa shape index (κ1) is 18.7. The molecule has 0 aromatic heterocycles. The normalized spacial score (nSPS) is 12.3. The van der Waals surface area contributed by atoms with E-state index in [0.717, 1.165) is 11.1 Å². The lowest BCUT2D eigenvalue weighted by molar-refractivity contribution is -0.120. The summed E-state index contributed by atoms with van der Waals surface area (Å²) >= 11 is 0. The van der Waals surface area contributed by atoms with Crippen molar-refractivity contribution in [3.8, 4) is 28.7 Å². The van der Waals surface area contributed by atoms with Gasteiger partial charge in [0.05, 0.1) is 27.8 Å². The highest BCUT2D eigenvalue weighted by molar-refractivity contribution is 5.78. The minimum Gasteiger partial charge on any atom is -0.493 e. The Balaban J connectivity index is 1.64. The summed E-state index contributed by atoms with van der Waals surface area (Å²) < 4.78 is 27.0. The molecule has 0 fully saturated rings. The van der Waals surface area contributed by atoms with E-state index in [1.807, 2.05) is 30.3 Å². The molecule has 7 nitrogen and oxygen atoms in total. The second-order valence-corrected chi connectivity index (χ2v) is 5.97. The third-order valence-electron chi connectivity index (χ3n) is 4.19. The number of ether oxygens (including phenoxy) is 5. The second-order valence-electron chi connectivity index (χ2n) is 5.97. The van der Waals surface area contributed by atoms with Gasteiger partial charge in [-0.05, 0) is 35.4 Å². The van der Waals surface area contributed by atoms with Crippen LogP contribution in [0.15, 0.2) is 30.3 Å². The molecule has 1 amide bonds. The number of hydrogen-bond acceptors (Lipinski definition) is 6. The van der Waals surface area contributed by atoms with Crippen LogP contribution in [-0.2, 0) is 17.8 Å². The van der Waals surface area contributed by atoms with E-state index < -0.39 is 0 Å². The molecule has 144 valence electrons. The highest BCUT2D eigenvalue weighted by atomic mass is 16.6. The van der Waals surface area contributed by atoms with Crippen molar-refractivity contribution in [2.24, 2.45) is 0 Å². The summed E-state index contributed by atoms with van der Waals surface area (Å²) in [6.07, 6.45) is 0.251. The maximum absolute atomic E-state index is 12.3. The number of fused-ring (bicyclic) bond motifs is 1. The molecule has 27 heavy (non-hydrogen) atoms. The number of carbonyl (C=O) groups is 1. The average molecular weight is 373 g/mol. The van der Waals surface area contributed by atoms with Crippen molar-refractivity contribution >= 4 is 5.91 Å². The molecule has 0 spiro atoms. The fourth-order valence-electron chi connectivity index (χ4n) is 2.88. The van der Waals surface area contributed by atoms with E-state index in [2.05, 4.69) is 5.32 Å². The zero-order chi connectivity index (χ0) is 19.2. The molecule has 0 unspecified atom stereocenters. The Labute approximate surface area is 158 Å². The minimum absolute atomic E-state index is 0.0968. The quantitative estimate of drug-likeness (QED) is 0.803. The topological polar surface area (TPSA) is 75.3 Å². The monoisotopic (exact) mass is 373 g/mol. The van der Waals surface area contributed by atoms with Crippen LogP contribution < -0.4 is 29.0 Å². The van der Waals surface area contributed by atoms with Crippen molar-refractivity contribution < 1.29 is 28.5 Å². The van der Waals surface area contributed by atoms with Crippen LogP contribution in [0.25, 0.3) is 0 Å². The Morgan fingerprint density at radius 2 is 1.59 bits per heavy atom. The third kappa shape index (κ3) is 4.36. The van der Waals surface area contributed by atoms with E-state index >= 15 is 0 Å². The van der Waals surface area contributed by atoms with Gasteiger partial charge in [-0.1, -0.05) is 6.07 Å². The molecule has 7 heteroatoms. The lowest BCUT2D eigenvalue weighted by Gasteiger charge is -2.18. The predicted molar refractivity (Wildman–Crippen MR) is 99.1 cm³/mol. The Morgan fingerprint density at radius 1 is 0.926 bits per heavy atom. The van der Waals surface area contributed by atoms with Gasteiger partial charge in [0.2, 0.25) is 11.7 Å². The molecular formula is C20H23NO6. The van der Waals surface area contributed by atoms with Gasteiger partial charge in [0.1, 0.15) is 13.2 Å². The molecule has 2 aromatic rings. The summed E-state index contributed by atoms with van der Waals surface area (Å²) in [5, 5.41) is 2.90. The molecular weight excluding hydrogens is 350 g/mol. The number of nitrogens with one attached hydrogen (secondary N) is 1. The summed E-state index contributed by atoms with van der Waals surface area (Å²) in [5.74, 6) is 2.91. The Hall–Kier alpha value is -3.09.